The summed E-state index contributed by atoms with van der Waals surface area (Å²) in [7, 11) is 1.87. The van der Waals surface area contributed by atoms with E-state index in [2.05, 4.69) is 4.90 Å². The Labute approximate surface area is 94.4 Å². The predicted molar refractivity (Wildman–Crippen MR) is 65.0 cm³/mol. The molecule has 0 aliphatic carbocycles. The van der Waals surface area contributed by atoms with Gasteiger partial charge in [0.2, 0.25) is 5.91 Å². The molecular formula is C12H26N2O. The molecule has 0 aromatic rings. The third kappa shape index (κ3) is 6.50. The van der Waals surface area contributed by atoms with Crippen LogP contribution in [0.3, 0.4) is 0 Å². The Bertz CT molecular complexity index is 165. The Morgan fingerprint density at radius 1 is 1.20 bits per heavy atom. The van der Waals surface area contributed by atoms with E-state index in [9.17, 15) is 4.79 Å². The van der Waals surface area contributed by atoms with Crippen molar-refractivity contribution in [1.29, 1.82) is 0 Å². The van der Waals surface area contributed by atoms with Crippen LogP contribution < -0.4 is 0 Å². The van der Waals surface area contributed by atoms with Crippen molar-refractivity contribution < 1.29 is 4.79 Å². The fourth-order valence-electron chi connectivity index (χ4n) is 1.63. The third-order valence-electron chi connectivity index (χ3n) is 2.74. The number of carbonyl (C=O) groups is 1. The van der Waals surface area contributed by atoms with E-state index < -0.39 is 0 Å². The lowest BCUT2D eigenvalue weighted by Gasteiger charge is -2.28. The van der Waals surface area contributed by atoms with Crippen molar-refractivity contribution in [3.05, 3.63) is 0 Å². The van der Waals surface area contributed by atoms with Gasteiger partial charge >= 0.3 is 0 Å². The monoisotopic (exact) mass is 214 g/mol. The SMILES string of the molecule is CC.CC(=O)N(C)CCN1CCCCC1. The predicted octanol–water partition coefficient (Wildman–Crippen LogP) is 1.98. The molecular weight excluding hydrogens is 188 g/mol. The molecule has 0 aromatic heterocycles. The van der Waals surface area contributed by atoms with Crippen LogP contribution in [0, 0.1) is 0 Å². The lowest BCUT2D eigenvalue weighted by atomic mass is 10.1. The van der Waals surface area contributed by atoms with Gasteiger partial charge in [-0.05, 0) is 25.9 Å². The Kier molecular flexibility index (Phi) is 8.38. The zero-order valence-corrected chi connectivity index (χ0v) is 10.8. The van der Waals surface area contributed by atoms with Crippen LogP contribution in [0.2, 0.25) is 0 Å². The topological polar surface area (TPSA) is 23.6 Å². The fourth-order valence-corrected chi connectivity index (χ4v) is 1.63. The Morgan fingerprint density at radius 3 is 2.20 bits per heavy atom. The van der Waals surface area contributed by atoms with E-state index in [0.29, 0.717) is 0 Å². The van der Waals surface area contributed by atoms with E-state index in [0.717, 1.165) is 13.1 Å². The molecule has 1 aliphatic heterocycles. The van der Waals surface area contributed by atoms with E-state index in [1.807, 2.05) is 20.9 Å². The number of hydrogen-bond donors (Lipinski definition) is 0. The molecule has 0 N–H and O–H groups in total. The molecule has 1 heterocycles. The second-order valence-corrected chi connectivity index (χ2v) is 3.84. The number of carbonyl (C=O) groups excluding carboxylic acids is 1. The summed E-state index contributed by atoms with van der Waals surface area (Å²) in [4.78, 5) is 15.2. The van der Waals surface area contributed by atoms with Crippen molar-refractivity contribution in [1.82, 2.24) is 9.80 Å². The van der Waals surface area contributed by atoms with Crippen LogP contribution in [0.25, 0.3) is 0 Å². The number of likely N-dealkylation sites (tertiary alicyclic amines) is 1. The highest BCUT2D eigenvalue weighted by Gasteiger charge is 2.10. The van der Waals surface area contributed by atoms with Gasteiger partial charge in [0.15, 0.2) is 0 Å². The molecule has 1 rings (SSSR count). The molecule has 0 unspecified atom stereocenters. The van der Waals surface area contributed by atoms with Crippen molar-refractivity contribution in [3.8, 4) is 0 Å². The number of rotatable bonds is 3. The second kappa shape index (κ2) is 8.72. The smallest absolute Gasteiger partial charge is 0.219 e. The minimum Gasteiger partial charge on any atom is -0.345 e. The lowest BCUT2D eigenvalue weighted by molar-refractivity contribution is -0.127. The summed E-state index contributed by atoms with van der Waals surface area (Å²) in [5, 5.41) is 0. The Balaban J connectivity index is 0.000000921. The van der Waals surface area contributed by atoms with E-state index in [4.69, 9.17) is 0 Å². The average Bonchev–Trinajstić information content (AvgIpc) is 2.30. The van der Waals surface area contributed by atoms with Crippen LogP contribution in [-0.4, -0.2) is 48.9 Å². The maximum absolute atomic E-state index is 10.9. The van der Waals surface area contributed by atoms with Crippen molar-refractivity contribution in [3.63, 3.8) is 0 Å². The van der Waals surface area contributed by atoms with Crippen molar-refractivity contribution in [2.45, 2.75) is 40.0 Å². The summed E-state index contributed by atoms with van der Waals surface area (Å²) < 4.78 is 0. The van der Waals surface area contributed by atoms with Crippen molar-refractivity contribution in [2.75, 3.05) is 33.2 Å². The number of nitrogens with zero attached hydrogens (tertiary/aromatic N) is 2. The molecule has 1 fully saturated rings. The van der Waals surface area contributed by atoms with E-state index in [1.165, 1.54) is 32.4 Å². The summed E-state index contributed by atoms with van der Waals surface area (Å²) in [6.45, 7) is 9.96. The van der Waals surface area contributed by atoms with Gasteiger partial charge in [0.1, 0.15) is 0 Å². The van der Waals surface area contributed by atoms with Crippen LogP contribution in [0.15, 0.2) is 0 Å². The number of likely N-dealkylation sites (N-methyl/N-ethyl adjacent to an activating group) is 1. The summed E-state index contributed by atoms with van der Waals surface area (Å²) in [5.41, 5.74) is 0. The molecule has 3 heteroatoms. The molecule has 0 bridgehead atoms. The summed E-state index contributed by atoms with van der Waals surface area (Å²) in [6, 6.07) is 0. The van der Waals surface area contributed by atoms with Gasteiger partial charge in [-0.1, -0.05) is 20.3 Å². The van der Waals surface area contributed by atoms with Crippen LogP contribution >= 0.6 is 0 Å². The minimum absolute atomic E-state index is 0.164. The molecule has 1 amide bonds. The largest absolute Gasteiger partial charge is 0.345 e. The summed E-state index contributed by atoms with van der Waals surface area (Å²) >= 11 is 0. The highest BCUT2D eigenvalue weighted by molar-refractivity contribution is 5.72. The highest BCUT2D eigenvalue weighted by atomic mass is 16.2. The van der Waals surface area contributed by atoms with Crippen molar-refractivity contribution >= 4 is 5.91 Å². The second-order valence-electron chi connectivity index (χ2n) is 3.84. The first-order valence-corrected chi connectivity index (χ1v) is 6.14. The van der Waals surface area contributed by atoms with Gasteiger partial charge < -0.3 is 9.80 Å². The van der Waals surface area contributed by atoms with Crippen LogP contribution in [0.1, 0.15) is 40.0 Å². The molecule has 1 saturated heterocycles. The zero-order chi connectivity index (χ0) is 11.7. The zero-order valence-electron chi connectivity index (χ0n) is 10.8. The molecule has 0 saturated carbocycles. The van der Waals surface area contributed by atoms with E-state index >= 15 is 0 Å². The minimum atomic E-state index is 0.164. The molecule has 0 aromatic carbocycles. The molecule has 3 nitrogen and oxygen atoms in total. The fraction of sp³-hybridized carbons (Fsp3) is 0.917. The molecule has 90 valence electrons. The third-order valence-corrected chi connectivity index (χ3v) is 2.74. The quantitative estimate of drug-likeness (QED) is 0.717. The average molecular weight is 214 g/mol. The van der Waals surface area contributed by atoms with Gasteiger partial charge in [-0.15, -0.1) is 0 Å². The van der Waals surface area contributed by atoms with E-state index in [-0.39, 0.29) is 5.91 Å². The molecule has 1 aliphatic rings. The Hall–Kier alpha value is -0.570. The Morgan fingerprint density at radius 2 is 1.73 bits per heavy atom. The van der Waals surface area contributed by atoms with Crippen molar-refractivity contribution in [2.24, 2.45) is 0 Å². The van der Waals surface area contributed by atoms with E-state index in [1.54, 1.807) is 11.8 Å². The standard InChI is InChI=1S/C10H20N2O.C2H6/c1-10(13)11(2)8-9-12-6-4-3-5-7-12;1-2/h3-9H2,1-2H3;1-2H3. The molecule has 0 radical (unpaired) electrons. The van der Waals surface area contributed by atoms with Gasteiger partial charge in [0, 0.05) is 27.1 Å². The lowest BCUT2D eigenvalue weighted by Crippen LogP contribution is -2.37. The normalized spacial score (nSPS) is 16.5. The van der Waals surface area contributed by atoms with Gasteiger partial charge in [-0.3, -0.25) is 4.79 Å². The molecule has 0 atom stereocenters. The first-order valence-electron chi connectivity index (χ1n) is 6.14. The molecule has 15 heavy (non-hydrogen) atoms. The highest BCUT2D eigenvalue weighted by Crippen LogP contribution is 2.07. The van der Waals surface area contributed by atoms with Gasteiger partial charge in [0.25, 0.3) is 0 Å². The maximum Gasteiger partial charge on any atom is 0.219 e. The summed E-state index contributed by atoms with van der Waals surface area (Å²) in [5.74, 6) is 0.164. The number of hydrogen-bond acceptors (Lipinski definition) is 2. The summed E-state index contributed by atoms with van der Waals surface area (Å²) in [6.07, 6.45) is 4.02. The van der Waals surface area contributed by atoms with Gasteiger partial charge in [0.05, 0.1) is 0 Å². The van der Waals surface area contributed by atoms with Crippen LogP contribution in [-0.2, 0) is 4.79 Å². The first-order chi connectivity index (χ1) is 7.20. The van der Waals surface area contributed by atoms with Crippen LogP contribution in [0.5, 0.6) is 0 Å². The first kappa shape index (κ1) is 14.4. The number of amides is 1. The molecule has 0 spiro atoms. The van der Waals surface area contributed by atoms with Gasteiger partial charge in [-0.2, -0.15) is 0 Å². The number of piperidine rings is 1. The van der Waals surface area contributed by atoms with Gasteiger partial charge in [-0.25, -0.2) is 0 Å². The maximum atomic E-state index is 10.9. The van der Waals surface area contributed by atoms with Crippen LogP contribution in [0.4, 0.5) is 0 Å².